The summed E-state index contributed by atoms with van der Waals surface area (Å²) in [6, 6.07) is 1.43. The normalized spacial score (nSPS) is 10.8. The van der Waals surface area contributed by atoms with Crippen LogP contribution in [0.1, 0.15) is 0 Å². The fourth-order valence-corrected chi connectivity index (χ4v) is 0.901. The van der Waals surface area contributed by atoms with Gasteiger partial charge in [-0.2, -0.15) is 0 Å². The molecule has 0 amide bonds. The molecule has 1 aromatic rings. The topological polar surface area (TPSA) is 89.6 Å². The van der Waals surface area contributed by atoms with E-state index < -0.39 is 0 Å². The first-order chi connectivity index (χ1) is 5.65. The summed E-state index contributed by atoms with van der Waals surface area (Å²) < 4.78 is 0. The maximum absolute atomic E-state index is 5.61. The molecule has 64 valence electrons. The van der Waals surface area contributed by atoms with Crippen molar-refractivity contribution >= 4 is 34.7 Å². The highest BCUT2D eigenvalue weighted by Crippen LogP contribution is 2.28. The van der Waals surface area contributed by atoms with Gasteiger partial charge in [-0.25, -0.2) is 4.98 Å². The summed E-state index contributed by atoms with van der Waals surface area (Å²) in [5, 5.41) is 6.84. The second-order valence-corrected chi connectivity index (χ2v) is 2.65. The van der Waals surface area contributed by atoms with Crippen molar-refractivity contribution in [2.24, 2.45) is 16.2 Å². The number of pyridine rings is 1. The summed E-state index contributed by atoms with van der Waals surface area (Å²) in [6.07, 6.45) is 0. The number of nitrogens with two attached hydrogens (primary N) is 2. The SMILES string of the molecule is NN=Nc1nc(Cl)c(Cl)cc1N. The standard InChI is InChI=1S/C5H5Cl2N5/c6-2-1-3(8)5(11-12-9)10-4(2)7/h1H,8H2,(H2,9,10,11). The van der Waals surface area contributed by atoms with Gasteiger partial charge in [-0.3, -0.25) is 0 Å². The number of hydrogen-bond acceptors (Lipinski definition) is 4. The molecule has 12 heavy (non-hydrogen) atoms. The summed E-state index contributed by atoms with van der Waals surface area (Å²) in [5.74, 6) is 4.96. The number of nitrogens with zero attached hydrogens (tertiary/aromatic N) is 3. The fourth-order valence-electron chi connectivity index (χ4n) is 0.606. The van der Waals surface area contributed by atoms with Crippen LogP contribution in [0.3, 0.4) is 0 Å². The van der Waals surface area contributed by atoms with Crippen LogP contribution in [-0.4, -0.2) is 4.98 Å². The molecule has 0 spiro atoms. The van der Waals surface area contributed by atoms with Gasteiger partial charge in [0.15, 0.2) is 0 Å². The fraction of sp³-hybridized carbons (Fsp3) is 0. The summed E-state index contributed by atoms with van der Waals surface area (Å²) in [5.41, 5.74) is 5.74. The first-order valence-corrected chi connectivity index (χ1v) is 3.63. The lowest BCUT2D eigenvalue weighted by molar-refractivity contribution is 1.04. The smallest absolute Gasteiger partial charge is 0.200 e. The van der Waals surface area contributed by atoms with Gasteiger partial charge in [-0.15, -0.1) is 5.11 Å². The van der Waals surface area contributed by atoms with Gasteiger partial charge in [0.2, 0.25) is 5.82 Å². The first-order valence-electron chi connectivity index (χ1n) is 2.87. The van der Waals surface area contributed by atoms with Gasteiger partial charge < -0.3 is 11.6 Å². The minimum absolute atomic E-state index is 0.119. The summed E-state index contributed by atoms with van der Waals surface area (Å²) in [7, 11) is 0. The molecule has 0 bridgehead atoms. The number of rotatable bonds is 1. The molecule has 1 rings (SSSR count). The van der Waals surface area contributed by atoms with Gasteiger partial charge in [-0.1, -0.05) is 28.4 Å². The molecule has 0 saturated heterocycles. The zero-order chi connectivity index (χ0) is 9.14. The average Bonchev–Trinajstić information content (AvgIpc) is 2.01. The highest BCUT2D eigenvalue weighted by molar-refractivity contribution is 6.41. The van der Waals surface area contributed by atoms with Crippen molar-refractivity contribution in [2.75, 3.05) is 5.73 Å². The summed E-state index contributed by atoms with van der Waals surface area (Å²) >= 11 is 11.2. The Morgan fingerprint density at radius 2 is 2.08 bits per heavy atom. The lowest BCUT2D eigenvalue weighted by Gasteiger charge is -1.99. The van der Waals surface area contributed by atoms with Crippen molar-refractivity contribution < 1.29 is 0 Å². The van der Waals surface area contributed by atoms with Crippen molar-refractivity contribution in [2.45, 2.75) is 0 Å². The molecule has 0 aliphatic rings. The van der Waals surface area contributed by atoms with Gasteiger partial charge in [-0.05, 0) is 6.07 Å². The highest BCUT2D eigenvalue weighted by Gasteiger charge is 2.05. The molecular weight excluding hydrogens is 201 g/mol. The zero-order valence-electron chi connectivity index (χ0n) is 5.83. The predicted octanol–water partition coefficient (Wildman–Crippen LogP) is 1.93. The van der Waals surface area contributed by atoms with Crippen LogP contribution in [-0.2, 0) is 0 Å². The van der Waals surface area contributed by atoms with Crippen LogP contribution in [0.2, 0.25) is 10.2 Å². The van der Waals surface area contributed by atoms with Gasteiger partial charge in [0.1, 0.15) is 5.15 Å². The molecule has 1 heterocycles. The van der Waals surface area contributed by atoms with E-state index in [-0.39, 0.29) is 21.7 Å². The number of halogens is 2. The molecule has 7 heteroatoms. The van der Waals surface area contributed by atoms with E-state index in [9.17, 15) is 0 Å². The molecule has 0 atom stereocenters. The van der Waals surface area contributed by atoms with E-state index in [2.05, 4.69) is 15.3 Å². The van der Waals surface area contributed by atoms with E-state index in [0.717, 1.165) is 0 Å². The van der Waals surface area contributed by atoms with E-state index in [1.807, 2.05) is 0 Å². The lowest BCUT2D eigenvalue weighted by Crippen LogP contribution is -1.89. The van der Waals surface area contributed by atoms with Gasteiger partial charge in [0.25, 0.3) is 0 Å². The molecule has 0 aliphatic carbocycles. The zero-order valence-corrected chi connectivity index (χ0v) is 7.34. The van der Waals surface area contributed by atoms with Gasteiger partial charge >= 0.3 is 0 Å². The van der Waals surface area contributed by atoms with Crippen LogP contribution in [0.5, 0.6) is 0 Å². The number of aromatic nitrogens is 1. The van der Waals surface area contributed by atoms with Crippen molar-refractivity contribution in [1.29, 1.82) is 0 Å². The van der Waals surface area contributed by atoms with E-state index in [1.165, 1.54) is 6.07 Å². The van der Waals surface area contributed by atoms with Crippen molar-refractivity contribution in [3.63, 3.8) is 0 Å². The molecule has 0 unspecified atom stereocenters. The second kappa shape index (κ2) is 3.55. The van der Waals surface area contributed by atoms with E-state index >= 15 is 0 Å². The Hall–Kier alpha value is -1.07. The molecule has 0 fully saturated rings. The molecule has 0 aliphatic heterocycles. The van der Waals surface area contributed by atoms with E-state index in [0.29, 0.717) is 0 Å². The minimum atomic E-state index is 0.119. The van der Waals surface area contributed by atoms with Crippen LogP contribution < -0.4 is 11.6 Å². The largest absolute Gasteiger partial charge is 0.396 e. The third-order valence-corrected chi connectivity index (χ3v) is 1.77. The monoisotopic (exact) mass is 205 g/mol. The molecule has 0 saturated carbocycles. The highest BCUT2D eigenvalue weighted by atomic mass is 35.5. The molecular formula is C5H5Cl2N5. The van der Waals surface area contributed by atoms with Crippen molar-refractivity contribution in [3.8, 4) is 0 Å². The van der Waals surface area contributed by atoms with Crippen LogP contribution in [0.25, 0.3) is 0 Å². The molecule has 4 N–H and O–H groups in total. The lowest BCUT2D eigenvalue weighted by atomic mass is 10.4. The Balaban J connectivity index is 3.23. The maximum atomic E-state index is 5.61. The Morgan fingerprint density at radius 1 is 1.42 bits per heavy atom. The van der Waals surface area contributed by atoms with E-state index in [1.54, 1.807) is 0 Å². The molecule has 5 nitrogen and oxygen atoms in total. The maximum Gasteiger partial charge on any atom is 0.200 e. The molecule has 0 aromatic carbocycles. The Kier molecular flexibility index (Phi) is 2.67. The Labute approximate surface area is 78.4 Å². The number of hydrogen-bond donors (Lipinski definition) is 2. The van der Waals surface area contributed by atoms with Crippen molar-refractivity contribution in [3.05, 3.63) is 16.2 Å². The predicted molar refractivity (Wildman–Crippen MR) is 47.4 cm³/mol. The minimum Gasteiger partial charge on any atom is -0.396 e. The average molecular weight is 206 g/mol. The van der Waals surface area contributed by atoms with Gasteiger partial charge in [0, 0.05) is 0 Å². The van der Waals surface area contributed by atoms with Crippen molar-refractivity contribution in [1.82, 2.24) is 4.98 Å². The van der Waals surface area contributed by atoms with Gasteiger partial charge in [0.05, 0.1) is 10.7 Å². The molecule has 0 radical (unpaired) electrons. The van der Waals surface area contributed by atoms with Crippen LogP contribution >= 0.6 is 23.2 Å². The Bertz CT molecular complexity index is 324. The van der Waals surface area contributed by atoms with Crippen LogP contribution in [0, 0.1) is 0 Å². The van der Waals surface area contributed by atoms with Crippen LogP contribution in [0.4, 0.5) is 11.5 Å². The quantitative estimate of drug-likeness (QED) is 0.318. The number of nitrogen functional groups attached to an aromatic ring is 1. The van der Waals surface area contributed by atoms with E-state index in [4.69, 9.17) is 34.8 Å². The first kappa shape index (κ1) is 9.02. The van der Waals surface area contributed by atoms with Crippen LogP contribution in [0.15, 0.2) is 16.4 Å². The third kappa shape index (κ3) is 1.75. The Morgan fingerprint density at radius 3 is 2.67 bits per heavy atom. The number of anilines is 1. The summed E-state index contributed by atoms with van der Waals surface area (Å²) in [4.78, 5) is 3.73. The molecule has 1 aromatic heterocycles. The second-order valence-electron chi connectivity index (χ2n) is 1.89. The summed E-state index contributed by atoms with van der Waals surface area (Å²) in [6.45, 7) is 0. The third-order valence-electron chi connectivity index (χ3n) is 1.09.